The topological polar surface area (TPSA) is 49.8 Å². The van der Waals surface area contributed by atoms with E-state index in [-0.39, 0.29) is 0 Å². The van der Waals surface area contributed by atoms with Crippen molar-refractivity contribution in [1.29, 1.82) is 0 Å². The number of nitrogens with zero attached hydrogens (tertiary/aromatic N) is 3. The van der Waals surface area contributed by atoms with Crippen LogP contribution in [0.25, 0.3) is 0 Å². The third-order valence-electron chi connectivity index (χ3n) is 3.10. The lowest BCUT2D eigenvalue weighted by atomic mass is 10.3. The van der Waals surface area contributed by atoms with E-state index in [1.165, 1.54) is 4.88 Å². The Morgan fingerprint density at radius 2 is 2.14 bits per heavy atom. The van der Waals surface area contributed by atoms with Crippen molar-refractivity contribution in [3.05, 3.63) is 46.4 Å². The summed E-state index contributed by atoms with van der Waals surface area (Å²) in [5.74, 6) is 1.74. The number of para-hydroxylation sites is 1. The number of rotatable bonds is 6. The molecule has 0 saturated heterocycles. The highest BCUT2D eigenvalue weighted by atomic mass is 32.1. The zero-order valence-corrected chi connectivity index (χ0v) is 14.1. The van der Waals surface area contributed by atoms with Crippen molar-refractivity contribution in [2.75, 3.05) is 27.2 Å². The molecule has 0 amide bonds. The van der Waals surface area contributed by atoms with Crippen molar-refractivity contribution in [2.45, 2.75) is 13.5 Å². The van der Waals surface area contributed by atoms with Crippen LogP contribution in [-0.4, -0.2) is 43.1 Å². The molecular formula is C16H22N4OS. The number of likely N-dealkylation sites (N-methyl/N-ethyl adjacent to an activating group) is 1. The molecule has 0 fully saturated rings. The Kier molecular flexibility index (Phi) is 6.21. The molecule has 5 nitrogen and oxygen atoms in total. The zero-order valence-electron chi connectivity index (χ0n) is 13.2. The normalized spacial score (nSPS) is 11.3. The predicted molar refractivity (Wildman–Crippen MR) is 91.6 cm³/mol. The van der Waals surface area contributed by atoms with E-state index in [0.29, 0.717) is 6.61 Å². The number of aliphatic imine (C=N–C) groups is 1. The second-order valence-corrected chi connectivity index (χ2v) is 6.15. The van der Waals surface area contributed by atoms with E-state index in [9.17, 15) is 0 Å². The molecule has 0 radical (unpaired) electrons. The van der Waals surface area contributed by atoms with Crippen LogP contribution in [0.1, 0.15) is 9.88 Å². The van der Waals surface area contributed by atoms with Gasteiger partial charge >= 0.3 is 0 Å². The molecule has 1 aromatic heterocycles. The molecule has 22 heavy (non-hydrogen) atoms. The van der Waals surface area contributed by atoms with Crippen LogP contribution in [-0.2, 0) is 6.54 Å². The van der Waals surface area contributed by atoms with E-state index >= 15 is 0 Å². The Labute approximate surface area is 135 Å². The van der Waals surface area contributed by atoms with Gasteiger partial charge in [-0.05, 0) is 19.1 Å². The SMILES string of the molecule is CN=C(NCc1cnc(C)s1)N(C)CCOc1ccccc1. The average Bonchev–Trinajstić information content (AvgIpc) is 2.94. The van der Waals surface area contributed by atoms with Crippen LogP contribution in [0.2, 0.25) is 0 Å². The number of aryl methyl sites for hydroxylation is 1. The summed E-state index contributed by atoms with van der Waals surface area (Å²) in [6.45, 7) is 4.12. The molecule has 0 aliphatic rings. The lowest BCUT2D eigenvalue weighted by molar-refractivity contribution is 0.281. The van der Waals surface area contributed by atoms with Crippen LogP contribution in [0.15, 0.2) is 41.5 Å². The van der Waals surface area contributed by atoms with Gasteiger partial charge in [0.2, 0.25) is 0 Å². The molecule has 0 spiro atoms. The van der Waals surface area contributed by atoms with E-state index in [1.807, 2.05) is 50.5 Å². The van der Waals surface area contributed by atoms with Crippen LogP contribution < -0.4 is 10.1 Å². The minimum absolute atomic E-state index is 0.612. The van der Waals surface area contributed by atoms with Crippen molar-refractivity contribution in [3.8, 4) is 5.75 Å². The van der Waals surface area contributed by atoms with Crippen molar-refractivity contribution in [1.82, 2.24) is 15.2 Å². The van der Waals surface area contributed by atoms with E-state index in [1.54, 1.807) is 18.4 Å². The number of hydrogen-bond acceptors (Lipinski definition) is 4. The Morgan fingerprint density at radius 3 is 2.77 bits per heavy atom. The van der Waals surface area contributed by atoms with E-state index in [2.05, 4.69) is 20.2 Å². The van der Waals surface area contributed by atoms with Gasteiger partial charge in [0.15, 0.2) is 5.96 Å². The van der Waals surface area contributed by atoms with Gasteiger partial charge in [-0.2, -0.15) is 0 Å². The standard InChI is InChI=1S/C16H22N4OS/c1-13-18-11-15(22-13)12-19-16(17-2)20(3)9-10-21-14-7-5-4-6-8-14/h4-8,11H,9-10,12H2,1-3H3,(H,17,19). The highest BCUT2D eigenvalue weighted by Gasteiger charge is 2.06. The molecule has 0 atom stereocenters. The molecule has 0 bridgehead atoms. The van der Waals surface area contributed by atoms with Gasteiger partial charge in [0.25, 0.3) is 0 Å². The molecule has 0 aliphatic carbocycles. The van der Waals surface area contributed by atoms with Crippen molar-refractivity contribution in [2.24, 2.45) is 4.99 Å². The van der Waals surface area contributed by atoms with E-state index < -0.39 is 0 Å². The van der Waals surface area contributed by atoms with E-state index in [0.717, 1.165) is 29.8 Å². The third kappa shape index (κ3) is 5.04. The van der Waals surface area contributed by atoms with Gasteiger partial charge in [-0.1, -0.05) is 18.2 Å². The Bertz CT molecular complexity index is 597. The maximum Gasteiger partial charge on any atom is 0.193 e. The average molecular weight is 318 g/mol. The molecular weight excluding hydrogens is 296 g/mol. The first-order chi connectivity index (χ1) is 10.7. The molecule has 6 heteroatoms. The quantitative estimate of drug-likeness (QED) is 0.657. The summed E-state index contributed by atoms with van der Waals surface area (Å²) < 4.78 is 5.71. The monoisotopic (exact) mass is 318 g/mol. The summed E-state index contributed by atoms with van der Waals surface area (Å²) in [6.07, 6.45) is 1.90. The van der Waals surface area contributed by atoms with Gasteiger partial charge in [-0.25, -0.2) is 4.98 Å². The van der Waals surface area contributed by atoms with Crippen LogP contribution in [0.4, 0.5) is 0 Å². The largest absolute Gasteiger partial charge is 0.492 e. The Morgan fingerprint density at radius 1 is 1.36 bits per heavy atom. The Balaban J connectivity index is 1.75. The molecule has 0 aliphatic heterocycles. The minimum atomic E-state index is 0.612. The first kappa shape index (κ1) is 16.3. The van der Waals surface area contributed by atoms with E-state index in [4.69, 9.17) is 4.74 Å². The lowest BCUT2D eigenvalue weighted by Gasteiger charge is -2.21. The number of guanidine groups is 1. The summed E-state index contributed by atoms with van der Waals surface area (Å²) in [5, 5.41) is 4.42. The first-order valence-corrected chi connectivity index (χ1v) is 8.01. The van der Waals surface area contributed by atoms with Gasteiger partial charge in [0.05, 0.1) is 18.1 Å². The van der Waals surface area contributed by atoms with Crippen LogP contribution in [0.5, 0.6) is 5.75 Å². The molecule has 118 valence electrons. The summed E-state index contributed by atoms with van der Waals surface area (Å²) in [5.41, 5.74) is 0. The predicted octanol–water partition coefficient (Wildman–Crippen LogP) is 2.54. The van der Waals surface area contributed by atoms with Crippen molar-refractivity contribution in [3.63, 3.8) is 0 Å². The molecule has 2 aromatic rings. The third-order valence-corrected chi connectivity index (χ3v) is 4.01. The summed E-state index contributed by atoms with van der Waals surface area (Å²) >= 11 is 1.70. The molecule has 1 heterocycles. The fourth-order valence-corrected chi connectivity index (χ4v) is 2.70. The fourth-order valence-electron chi connectivity index (χ4n) is 1.96. The minimum Gasteiger partial charge on any atom is -0.492 e. The van der Waals surface area contributed by atoms with Gasteiger partial charge in [0, 0.05) is 25.2 Å². The zero-order chi connectivity index (χ0) is 15.8. The maximum absolute atomic E-state index is 5.71. The van der Waals surface area contributed by atoms with Crippen molar-refractivity contribution >= 4 is 17.3 Å². The molecule has 0 unspecified atom stereocenters. The summed E-state index contributed by atoms with van der Waals surface area (Å²) in [7, 11) is 3.79. The molecule has 1 aromatic carbocycles. The van der Waals surface area contributed by atoms with Crippen LogP contribution in [0.3, 0.4) is 0 Å². The molecule has 0 saturated carbocycles. The fraction of sp³-hybridized carbons (Fsp3) is 0.375. The second-order valence-electron chi connectivity index (χ2n) is 4.83. The van der Waals surface area contributed by atoms with Crippen LogP contribution >= 0.6 is 11.3 Å². The Hall–Kier alpha value is -2.08. The number of hydrogen-bond donors (Lipinski definition) is 1. The van der Waals surface area contributed by atoms with Gasteiger partial charge in [0.1, 0.15) is 12.4 Å². The summed E-state index contributed by atoms with van der Waals surface area (Å²) in [6, 6.07) is 9.83. The van der Waals surface area contributed by atoms with Crippen LogP contribution in [0, 0.1) is 6.92 Å². The highest BCUT2D eigenvalue weighted by molar-refractivity contribution is 7.11. The second kappa shape index (κ2) is 8.38. The molecule has 1 N–H and O–H groups in total. The first-order valence-electron chi connectivity index (χ1n) is 7.20. The van der Waals surface area contributed by atoms with Gasteiger partial charge in [-0.3, -0.25) is 4.99 Å². The lowest BCUT2D eigenvalue weighted by Crippen LogP contribution is -2.40. The van der Waals surface area contributed by atoms with Gasteiger partial charge in [-0.15, -0.1) is 11.3 Å². The number of nitrogens with one attached hydrogen (secondary N) is 1. The smallest absolute Gasteiger partial charge is 0.193 e. The van der Waals surface area contributed by atoms with Gasteiger partial charge < -0.3 is 15.0 Å². The number of benzene rings is 1. The number of ether oxygens (including phenoxy) is 1. The number of aromatic nitrogens is 1. The van der Waals surface area contributed by atoms with Crippen molar-refractivity contribution < 1.29 is 4.74 Å². The summed E-state index contributed by atoms with van der Waals surface area (Å²) in [4.78, 5) is 11.8. The maximum atomic E-state index is 5.71. The highest BCUT2D eigenvalue weighted by Crippen LogP contribution is 2.11. The molecule has 2 rings (SSSR count). The number of thiazole rings is 1.